The van der Waals surface area contributed by atoms with Gasteiger partial charge in [-0.25, -0.2) is 0 Å². The van der Waals surface area contributed by atoms with Gasteiger partial charge in [0.15, 0.2) is 5.69 Å². The highest BCUT2D eigenvalue weighted by molar-refractivity contribution is 5.72. The summed E-state index contributed by atoms with van der Waals surface area (Å²) in [5.41, 5.74) is -0.0477. The monoisotopic (exact) mass is 362 g/mol. The second-order valence-electron chi connectivity index (χ2n) is 5.28. The molecule has 0 saturated carbocycles. The number of hydrogen-bond acceptors (Lipinski definition) is 4. The number of hydrogen-bond donors (Lipinski definition) is 2. The Morgan fingerprint density at radius 2 is 1.73 bits per heavy atom. The highest BCUT2D eigenvalue weighted by Crippen LogP contribution is 2.31. The largest absolute Gasteiger partial charge is 0.497 e. The normalized spacial score (nSPS) is 11.8. The minimum absolute atomic E-state index is 0.0122. The Bertz CT molecular complexity index is 988. The fourth-order valence-electron chi connectivity index (χ4n) is 2.26. The first-order valence-corrected chi connectivity index (χ1v) is 7.42. The van der Waals surface area contributed by atoms with Crippen molar-refractivity contribution >= 4 is 11.4 Å². The van der Waals surface area contributed by atoms with Gasteiger partial charge in [0, 0.05) is 5.56 Å². The van der Waals surface area contributed by atoms with Crippen LogP contribution < -0.4 is 10.3 Å². The molecule has 134 valence electrons. The molecule has 0 amide bonds. The van der Waals surface area contributed by atoms with Gasteiger partial charge < -0.3 is 4.74 Å². The molecule has 9 heteroatoms. The molecule has 0 saturated heterocycles. The van der Waals surface area contributed by atoms with Gasteiger partial charge in [-0.2, -0.15) is 18.3 Å². The van der Waals surface area contributed by atoms with E-state index in [4.69, 9.17) is 4.74 Å². The summed E-state index contributed by atoms with van der Waals surface area (Å²) >= 11 is 0. The van der Waals surface area contributed by atoms with Gasteiger partial charge >= 0.3 is 6.18 Å². The van der Waals surface area contributed by atoms with Crippen molar-refractivity contribution in [2.45, 2.75) is 6.18 Å². The number of alkyl halides is 3. The molecule has 0 aliphatic carbocycles. The van der Waals surface area contributed by atoms with Gasteiger partial charge in [-0.05, 0) is 36.4 Å². The SMILES string of the molecule is COc1cccc(-c2[nH][nH]c(=O)c2N=Nc2ccc(C(F)(F)F)cc2)c1. The van der Waals surface area contributed by atoms with Crippen LogP contribution in [0.1, 0.15) is 5.56 Å². The Labute approximate surface area is 145 Å². The fraction of sp³-hybridized carbons (Fsp3) is 0.118. The number of nitrogens with one attached hydrogen (secondary N) is 2. The van der Waals surface area contributed by atoms with E-state index in [0.717, 1.165) is 12.1 Å². The van der Waals surface area contributed by atoms with E-state index >= 15 is 0 Å². The highest BCUT2D eigenvalue weighted by Gasteiger charge is 2.29. The Morgan fingerprint density at radius 1 is 1.00 bits per heavy atom. The van der Waals surface area contributed by atoms with Gasteiger partial charge in [0.1, 0.15) is 5.75 Å². The Hall–Kier alpha value is -3.36. The first-order valence-electron chi connectivity index (χ1n) is 7.42. The smallest absolute Gasteiger partial charge is 0.416 e. The zero-order valence-corrected chi connectivity index (χ0v) is 13.5. The third-order valence-electron chi connectivity index (χ3n) is 3.57. The number of H-pyrrole nitrogens is 2. The van der Waals surface area contributed by atoms with Crippen LogP contribution in [0, 0.1) is 0 Å². The van der Waals surface area contributed by atoms with E-state index in [1.807, 2.05) is 0 Å². The molecule has 0 unspecified atom stereocenters. The lowest BCUT2D eigenvalue weighted by Gasteiger charge is -2.05. The maximum atomic E-state index is 12.6. The zero-order chi connectivity index (χ0) is 18.7. The zero-order valence-electron chi connectivity index (χ0n) is 13.5. The molecule has 3 aromatic rings. The van der Waals surface area contributed by atoms with Gasteiger partial charge in [0.2, 0.25) is 0 Å². The standard InChI is InChI=1S/C17H13F3N4O2/c1-26-13-4-2-3-10(9-13)14-15(16(25)24-22-14)23-21-12-7-5-11(6-8-12)17(18,19)20/h2-9H,1H3,(H2,22,24,25). The number of methoxy groups -OCH3 is 1. The van der Waals surface area contributed by atoms with Crippen molar-refractivity contribution in [3.63, 3.8) is 0 Å². The van der Waals surface area contributed by atoms with Crippen LogP contribution in [0.15, 0.2) is 63.6 Å². The van der Waals surface area contributed by atoms with E-state index in [-0.39, 0.29) is 11.4 Å². The fourth-order valence-corrected chi connectivity index (χ4v) is 2.26. The van der Waals surface area contributed by atoms with Gasteiger partial charge in [0.05, 0.1) is 24.1 Å². The lowest BCUT2D eigenvalue weighted by Crippen LogP contribution is -2.03. The second-order valence-corrected chi connectivity index (χ2v) is 5.28. The van der Waals surface area contributed by atoms with E-state index in [1.54, 1.807) is 24.3 Å². The van der Waals surface area contributed by atoms with Gasteiger partial charge in [0.25, 0.3) is 5.56 Å². The molecule has 3 rings (SSSR count). The van der Waals surface area contributed by atoms with Crippen LogP contribution in [0.5, 0.6) is 5.75 Å². The van der Waals surface area contributed by atoms with Crippen LogP contribution in [0.4, 0.5) is 24.5 Å². The third-order valence-corrected chi connectivity index (χ3v) is 3.57. The van der Waals surface area contributed by atoms with E-state index in [0.29, 0.717) is 17.0 Å². The van der Waals surface area contributed by atoms with Crippen LogP contribution in [0.2, 0.25) is 0 Å². The molecule has 6 nitrogen and oxygen atoms in total. The van der Waals surface area contributed by atoms with Crippen LogP contribution in [-0.4, -0.2) is 17.3 Å². The molecule has 0 bridgehead atoms. The van der Waals surface area contributed by atoms with Crippen molar-refractivity contribution in [3.05, 3.63) is 64.4 Å². The number of aromatic nitrogens is 2. The quantitative estimate of drug-likeness (QED) is 0.653. The molecule has 0 spiro atoms. The van der Waals surface area contributed by atoms with Crippen LogP contribution in [0.3, 0.4) is 0 Å². The molecule has 26 heavy (non-hydrogen) atoms. The molecule has 0 aliphatic heterocycles. The molecule has 2 N–H and O–H groups in total. The molecule has 0 radical (unpaired) electrons. The third kappa shape index (κ3) is 3.66. The lowest BCUT2D eigenvalue weighted by molar-refractivity contribution is -0.137. The number of azo groups is 1. The Morgan fingerprint density at radius 3 is 2.38 bits per heavy atom. The Balaban J connectivity index is 1.92. The Kier molecular flexibility index (Phi) is 4.61. The molecular weight excluding hydrogens is 349 g/mol. The van der Waals surface area contributed by atoms with Gasteiger partial charge in [-0.15, -0.1) is 5.11 Å². The molecule has 2 aromatic carbocycles. The number of rotatable bonds is 4. The number of benzene rings is 2. The van der Waals surface area contributed by atoms with Crippen LogP contribution in [0.25, 0.3) is 11.3 Å². The molecule has 0 atom stereocenters. The summed E-state index contributed by atoms with van der Waals surface area (Å²) in [6, 6.07) is 11.1. The predicted molar refractivity (Wildman–Crippen MR) is 89.0 cm³/mol. The van der Waals surface area contributed by atoms with Crippen molar-refractivity contribution in [2.75, 3.05) is 7.11 Å². The second kappa shape index (κ2) is 6.87. The average molecular weight is 362 g/mol. The van der Waals surface area contributed by atoms with E-state index in [9.17, 15) is 18.0 Å². The summed E-state index contributed by atoms with van der Waals surface area (Å²) in [5.74, 6) is 0.593. The van der Waals surface area contributed by atoms with Crippen molar-refractivity contribution in [1.82, 2.24) is 10.2 Å². The van der Waals surface area contributed by atoms with Crippen molar-refractivity contribution in [2.24, 2.45) is 10.2 Å². The van der Waals surface area contributed by atoms with E-state index in [2.05, 4.69) is 20.4 Å². The molecule has 0 aliphatic rings. The van der Waals surface area contributed by atoms with Gasteiger partial charge in [-0.3, -0.25) is 15.0 Å². The number of ether oxygens (including phenoxy) is 1. The number of aromatic amines is 2. The summed E-state index contributed by atoms with van der Waals surface area (Å²) in [4.78, 5) is 12.0. The van der Waals surface area contributed by atoms with Crippen molar-refractivity contribution < 1.29 is 17.9 Å². The summed E-state index contributed by atoms with van der Waals surface area (Å²) in [5, 5.41) is 12.9. The van der Waals surface area contributed by atoms with Gasteiger partial charge in [-0.1, -0.05) is 12.1 Å². The molecule has 0 fully saturated rings. The maximum Gasteiger partial charge on any atom is 0.416 e. The summed E-state index contributed by atoms with van der Waals surface area (Å²) in [7, 11) is 1.52. The molecule has 1 heterocycles. The molecular formula is C17H13F3N4O2. The van der Waals surface area contributed by atoms with Crippen molar-refractivity contribution in [1.29, 1.82) is 0 Å². The lowest BCUT2D eigenvalue weighted by atomic mass is 10.1. The topological polar surface area (TPSA) is 82.6 Å². The first-order chi connectivity index (χ1) is 12.4. The van der Waals surface area contributed by atoms with Crippen LogP contribution >= 0.6 is 0 Å². The maximum absolute atomic E-state index is 12.6. The van der Waals surface area contributed by atoms with E-state index in [1.165, 1.54) is 19.2 Å². The van der Waals surface area contributed by atoms with Crippen molar-refractivity contribution in [3.8, 4) is 17.0 Å². The molecule has 1 aromatic heterocycles. The first kappa shape index (κ1) is 17.5. The number of halogens is 3. The summed E-state index contributed by atoms with van der Waals surface area (Å²) in [6.07, 6.45) is -4.42. The highest BCUT2D eigenvalue weighted by atomic mass is 19.4. The predicted octanol–water partition coefficient (Wildman–Crippen LogP) is 4.81. The summed E-state index contributed by atoms with van der Waals surface area (Å²) < 4.78 is 42.9. The van der Waals surface area contributed by atoms with E-state index < -0.39 is 17.3 Å². The average Bonchev–Trinajstić information content (AvgIpc) is 3.00. The minimum atomic E-state index is -4.42. The van der Waals surface area contributed by atoms with Crippen LogP contribution in [-0.2, 0) is 6.18 Å². The number of nitrogens with zero attached hydrogens (tertiary/aromatic N) is 2. The summed E-state index contributed by atoms with van der Waals surface area (Å²) in [6.45, 7) is 0. The minimum Gasteiger partial charge on any atom is -0.497 e.